The van der Waals surface area contributed by atoms with E-state index in [-0.39, 0.29) is 6.10 Å². The summed E-state index contributed by atoms with van der Waals surface area (Å²) in [6, 6.07) is 1.96. The third kappa shape index (κ3) is 1.39. The van der Waals surface area contributed by atoms with Crippen molar-refractivity contribution in [2.75, 3.05) is 0 Å². The summed E-state index contributed by atoms with van der Waals surface area (Å²) in [6.45, 7) is 0. The van der Waals surface area contributed by atoms with E-state index in [0.29, 0.717) is 0 Å². The molecule has 0 unspecified atom stereocenters. The Morgan fingerprint density at radius 2 is 2.42 bits per heavy atom. The summed E-state index contributed by atoms with van der Waals surface area (Å²) < 4.78 is 0.946. The number of fused-ring (bicyclic) bond motifs is 1. The second kappa shape index (κ2) is 3.15. The SMILES string of the molecule is O[C@H]1CCCc2ncc(Br)cc21. The predicted molar refractivity (Wildman–Crippen MR) is 49.8 cm³/mol. The smallest absolute Gasteiger partial charge is 0.0808 e. The van der Waals surface area contributed by atoms with Crippen molar-refractivity contribution in [3.8, 4) is 0 Å². The molecule has 0 aliphatic heterocycles. The summed E-state index contributed by atoms with van der Waals surface area (Å²) in [5, 5.41) is 9.62. The molecule has 2 nitrogen and oxygen atoms in total. The van der Waals surface area contributed by atoms with Crippen molar-refractivity contribution in [1.82, 2.24) is 4.98 Å². The van der Waals surface area contributed by atoms with Crippen molar-refractivity contribution >= 4 is 15.9 Å². The Morgan fingerprint density at radius 1 is 1.58 bits per heavy atom. The van der Waals surface area contributed by atoms with Crippen molar-refractivity contribution < 1.29 is 5.11 Å². The molecule has 0 spiro atoms. The minimum Gasteiger partial charge on any atom is -0.388 e. The van der Waals surface area contributed by atoms with Crippen molar-refractivity contribution in [2.45, 2.75) is 25.4 Å². The number of aliphatic hydroxyl groups is 1. The number of hydrogen-bond donors (Lipinski definition) is 1. The number of hydrogen-bond acceptors (Lipinski definition) is 2. The average molecular weight is 228 g/mol. The highest BCUT2D eigenvalue weighted by Crippen LogP contribution is 2.29. The number of aryl methyl sites for hydroxylation is 1. The summed E-state index contributed by atoms with van der Waals surface area (Å²) in [4.78, 5) is 4.26. The molecule has 3 heteroatoms. The van der Waals surface area contributed by atoms with Crippen molar-refractivity contribution in [3.63, 3.8) is 0 Å². The monoisotopic (exact) mass is 227 g/mol. The standard InChI is InChI=1S/C9H10BrNO/c10-6-4-7-8(11-5-6)2-1-3-9(7)12/h4-5,9,12H,1-3H2/t9-/m0/s1. The van der Waals surface area contributed by atoms with Crippen LogP contribution in [0, 0.1) is 0 Å². The van der Waals surface area contributed by atoms with Crippen LogP contribution in [0.3, 0.4) is 0 Å². The van der Waals surface area contributed by atoms with E-state index in [1.165, 1.54) is 0 Å². The highest BCUT2D eigenvalue weighted by Gasteiger charge is 2.18. The van der Waals surface area contributed by atoms with E-state index in [1.54, 1.807) is 6.20 Å². The number of halogens is 1. The van der Waals surface area contributed by atoms with Gasteiger partial charge < -0.3 is 5.11 Å². The van der Waals surface area contributed by atoms with Crippen LogP contribution < -0.4 is 0 Å². The predicted octanol–water partition coefficient (Wildman–Crippen LogP) is 2.21. The molecule has 1 aromatic heterocycles. The molecule has 2 rings (SSSR count). The van der Waals surface area contributed by atoms with Gasteiger partial charge >= 0.3 is 0 Å². The van der Waals surface area contributed by atoms with Crippen molar-refractivity contribution in [1.29, 1.82) is 0 Å². The maximum Gasteiger partial charge on any atom is 0.0808 e. The second-order valence-corrected chi connectivity index (χ2v) is 4.01. The van der Waals surface area contributed by atoms with Gasteiger partial charge in [0.05, 0.1) is 6.10 Å². The Hall–Kier alpha value is -0.410. The molecular formula is C9H10BrNO. The molecule has 1 aromatic rings. The Kier molecular flexibility index (Phi) is 2.15. The maximum absolute atomic E-state index is 9.62. The van der Waals surface area contributed by atoms with Gasteiger partial charge in [0.25, 0.3) is 0 Å². The number of aliphatic hydroxyl groups excluding tert-OH is 1. The molecule has 1 aliphatic carbocycles. The summed E-state index contributed by atoms with van der Waals surface area (Å²) in [5.74, 6) is 0. The van der Waals surface area contributed by atoms with E-state index in [0.717, 1.165) is 35.0 Å². The zero-order valence-corrected chi connectivity index (χ0v) is 8.21. The Morgan fingerprint density at radius 3 is 3.25 bits per heavy atom. The largest absolute Gasteiger partial charge is 0.388 e. The molecule has 12 heavy (non-hydrogen) atoms. The first-order valence-electron chi connectivity index (χ1n) is 4.10. The number of rotatable bonds is 0. The van der Waals surface area contributed by atoms with Crippen LogP contribution in [0.5, 0.6) is 0 Å². The Bertz CT molecular complexity index is 301. The minimum atomic E-state index is -0.307. The van der Waals surface area contributed by atoms with Crippen LogP contribution >= 0.6 is 15.9 Å². The van der Waals surface area contributed by atoms with Crippen LogP contribution in [0.25, 0.3) is 0 Å². The fourth-order valence-electron chi connectivity index (χ4n) is 1.60. The summed E-state index contributed by atoms with van der Waals surface area (Å²) >= 11 is 3.34. The van der Waals surface area contributed by atoms with E-state index >= 15 is 0 Å². The van der Waals surface area contributed by atoms with Crippen LogP contribution in [-0.2, 0) is 6.42 Å². The molecule has 64 valence electrons. The first-order valence-corrected chi connectivity index (χ1v) is 4.89. The average Bonchev–Trinajstić information content (AvgIpc) is 2.07. The second-order valence-electron chi connectivity index (χ2n) is 3.10. The highest BCUT2D eigenvalue weighted by atomic mass is 79.9. The molecule has 0 aromatic carbocycles. The summed E-state index contributed by atoms with van der Waals surface area (Å²) in [7, 11) is 0. The lowest BCUT2D eigenvalue weighted by Gasteiger charge is -2.19. The first kappa shape index (κ1) is 8.20. The van der Waals surface area contributed by atoms with Gasteiger partial charge in [-0.05, 0) is 41.3 Å². The number of nitrogens with zero attached hydrogens (tertiary/aromatic N) is 1. The Labute approximate surface area is 79.8 Å². The maximum atomic E-state index is 9.62. The highest BCUT2D eigenvalue weighted by molar-refractivity contribution is 9.10. The van der Waals surface area contributed by atoms with Gasteiger partial charge in [-0.3, -0.25) is 4.98 Å². The van der Waals surface area contributed by atoms with Crippen molar-refractivity contribution in [2.24, 2.45) is 0 Å². The molecule has 0 saturated heterocycles. The molecule has 1 atom stereocenters. The molecule has 1 heterocycles. The van der Waals surface area contributed by atoms with E-state index < -0.39 is 0 Å². The quantitative estimate of drug-likeness (QED) is 0.738. The lowest BCUT2D eigenvalue weighted by atomic mass is 9.94. The molecule has 0 fully saturated rings. The first-order chi connectivity index (χ1) is 5.77. The van der Waals surface area contributed by atoms with Gasteiger partial charge in [0, 0.05) is 21.9 Å². The van der Waals surface area contributed by atoms with Gasteiger partial charge in [-0.25, -0.2) is 0 Å². The van der Waals surface area contributed by atoms with Gasteiger partial charge in [-0.15, -0.1) is 0 Å². The summed E-state index contributed by atoms with van der Waals surface area (Å²) in [5.41, 5.74) is 2.05. The molecule has 0 bridgehead atoms. The lowest BCUT2D eigenvalue weighted by molar-refractivity contribution is 0.155. The molecule has 1 N–H and O–H groups in total. The third-order valence-electron chi connectivity index (χ3n) is 2.22. The molecule has 0 saturated carbocycles. The van der Waals surface area contributed by atoms with Gasteiger partial charge in [-0.2, -0.15) is 0 Å². The minimum absolute atomic E-state index is 0.307. The van der Waals surface area contributed by atoms with E-state index in [4.69, 9.17) is 0 Å². The fraction of sp³-hybridized carbons (Fsp3) is 0.444. The van der Waals surface area contributed by atoms with Crippen LogP contribution in [-0.4, -0.2) is 10.1 Å². The van der Waals surface area contributed by atoms with Crippen LogP contribution in [0.4, 0.5) is 0 Å². The third-order valence-corrected chi connectivity index (χ3v) is 2.65. The molecule has 0 radical (unpaired) electrons. The lowest BCUT2D eigenvalue weighted by Crippen LogP contribution is -2.10. The Balaban J connectivity index is 2.47. The van der Waals surface area contributed by atoms with Gasteiger partial charge in [0.15, 0.2) is 0 Å². The zero-order chi connectivity index (χ0) is 8.55. The molecule has 0 amide bonds. The van der Waals surface area contributed by atoms with Crippen molar-refractivity contribution in [3.05, 3.63) is 28.0 Å². The normalized spacial score (nSPS) is 22.0. The topological polar surface area (TPSA) is 33.1 Å². The summed E-state index contributed by atoms with van der Waals surface area (Å²) in [6.07, 6.45) is 4.39. The molecule has 1 aliphatic rings. The fourth-order valence-corrected chi connectivity index (χ4v) is 1.95. The van der Waals surface area contributed by atoms with E-state index in [9.17, 15) is 5.11 Å². The van der Waals surface area contributed by atoms with E-state index in [1.807, 2.05) is 6.07 Å². The van der Waals surface area contributed by atoms with Crippen LogP contribution in [0.1, 0.15) is 30.2 Å². The van der Waals surface area contributed by atoms with Crippen LogP contribution in [0.2, 0.25) is 0 Å². The number of aromatic nitrogens is 1. The van der Waals surface area contributed by atoms with E-state index in [2.05, 4.69) is 20.9 Å². The molecular weight excluding hydrogens is 218 g/mol. The van der Waals surface area contributed by atoms with Gasteiger partial charge in [0.2, 0.25) is 0 Å². The van der Waals surface area contributed by atoms with Gasteiger partial charge in [0.1, 0.15) is 0 Å². The van der Waals surface area contributed by atoms with Gasteiger partial charge in [-0.1, -0.05) is 0 Å². The van der Waals surface area contributed by atoms with Crippen LogP contribution in [0.15, 0.2) is 16.7 Å². The zero-order valence-electron chi connectivity index (χ0n) is 6.63. The number of pyridine rings is 1.